The fraction of sp³-hybridized carbons (Fsp3) is 0.656. The van der Waals surface area contributed by atoms with Gasteiger partial charge in [-0.25, -0.2) is 0 Å². The molecule has 0 aliphatic heterocycles. The molecule has 1 atom stereocenters. The molecule has 0 radical (unpaired) electrons. The van der Waals surface area contributed by atoms with E-state index in [0.717, 1.165) is 89.9 Å². The zero-order chi connectivity index (χ0) is 48.6. The molecule has 380 valence electrons. The summed E-state index contributed by atoms with van der Waals surface area (Å²) < 4.78 is 16.7. The van der Waals surface area contributed by atoms with Crippen LogP contribution >= 0.6 is 0 Å². The van der Waals surface area contributed by atoms with Crippen molar-refractivity contribution in [1.29, 1.82) is 0 Å². The molecular weight excluding hydrogens is 829 g/mol. The van der Waals surface area contributed by atoms with E-state index in [9.17, 15) is 14.4 Å². The van der Waals surface area contributed by atoms with Crippen LogP contribution in [0.15, 0.2) is 109 Å². The van der Waals surface area contributed by atoms with E-state index >= 15 is 0 Å². The van der Waals surface area contributed by atoms with Crippen LogP contribution in [0.25, 0.3) is 0 Å². The largest absolute Gasteiger partial charge is 0.462 e. The summed E-state index contributed by atoms with van der Waals surface area (Å²) in [6.45, 7) is 6.40. The van der Waals surface area contributed by atoms with Crippen molar-refractivity contribution < 1.29 is 28.6 Å². The lowest BCUT2D eigenvalue weighted by atomic mass is 10.1. The third-order valence-electron chi connectivity index (χ3n) is 11.2. The third-order valence-corrected chi connectivity index (χ3v) is 11.2. The van der Waals surface area contributed by atoms with Gasteiger partial charge in [0.1, 0.15) is 13.2 Å². The fourth-order valence-electron chi connectivity index (χ4n) is 7.13. The van der Waals surface area contributed by atoms with E-state index in [1.807, 2.05) is 0 Å². The summed E-state index contributed by atoms with van der Waals surface area (Å²) in [5, 5.41) is 0. The van der Waals surface area contributed by atoms with Crippen LogP contribution in [-0.4, -0.2) is 37.2 Å². The highest BCUT2D eigenvalue weighted by Gasteiger charge is 2.19. The molecule has 0 aliphatic rings. The monoisotopic (exact) mass is 929 g/mol. The molecule has 0 amide bonds. The highest BCUT2D eigenvalue weighted by Crippen LogP contribution is 2.13. The van der Waals surface area contributed by atoms with Gasteiger partial charge in [-0.1, -0.05) is 207 Å². The standard InChI is InChI=1S/C61H100O6/c1-4-7-10-13-16-19-22-25-28-30-33-36-39-42-45-48-51-54-60(63)66-57-58(56-65-59(62)53-50-47-44-41-38-35-32-27-24-21-18-15-12-9-6-3)67-61(64)55-52-49-46-43-40-37-34-31-29-26-23-20-17-14-11-8-5-2/h9,12,17-18,20-21,25-29,32-33,36,38,41-42,45,58H,4-8,10-11,13-16,19,22-24,30-31,34-35,37,39-40,43-44,46-57H2,1-3H3/b12-9-,20-17-,21-18-,28-25-,29-26-,32-27-,36-33-,41-38-,45-42-/t58-/m1/s1. The topological polar surface area (TPSA) is 78.9 Å². The summed E-state index contributed by atoms with van der Waals surface area (Å²) in [5.41, 5.74) is 0. The maximum Gasteiger partial charge on any atom is 0.306 e. The van der Waals surface area contributed by atoms with Crippen molar-refractivity contribution in [2.75, 3.05) is 13.2 Å². The number of carbonyl (C=O) groups excluding carboxylic acids is 3. The van der Waals surface area contributed by atoms with Gasteiger partial charge in [-0.2, -0.15) is 0 Å². The quantitative estimate of drug-likeness (QED) is 0.0262. The van der Waals surface area contributed by atoms with Crippen LogP contribution < -0.4 is 0 Å². The van der Waals surface area contributed by atoms with Crippen molar-refractivity contribution in [1.82, 2.24) is 0 Å². The van der Waals surface area contributed by atoms with Crippen LogP contribution in [0, 0.1) is 0 Å². The maximum atomic E-state index is 12.8. The van der Waals surface area contributed by atoms with E-state index in [2.05, 4.69) is 130 Å². The summed E-state index contributed by atoms with van der Waals surface area (Å²) >= 11 is 0. The molecule has 0 fully saturated rings. The van der Waals surface area contributed by atoms with E-state index in [-0.39, 0.29) is 37.5 Å². The van der Waals surface area contributed by atoms with Crippen molar-refractivity contribution in [3.63, 3.8) is 0 Å². The number of allylic oxidation sites excluding steroid dienone is 18. The minimum absolute atomic E-state index is 0.120. The lowest BCUT2D eigenvalue weighted by Crippen LogP contribution is -2.30. The predicted octanol–water partition coefficient (Wildman–Crippen LogP) is 18.3. The average Bonchev–Trinajstić information content (AvgIpc) is 3.33. The molecule has 0 saturated carbocycles. The van der Waals surface area contributed by atoms with Gasteiger partial charge >= 0.3 is 17.9 Å². The van der Waals surface area contributed by atoms with E-state index < -0.39 is 6.10 Å². The van der Waals surface area contributed by atoms with Gasteiger partial charge in [0, 0.05) is 19.3 Å². The Bertz CT molecular complexity index is 1390. The molecule has 0 heterocycles. The van der Waals surface area contributed by atoms with Crippen molar-refractivity contribution in [2.24, 2.45) is 0 Å². The fourth-order valence-corrected chi connectivity index (χ4v) is 7.13. The maximum absolute atomic E-state index is 12.8. The molecule has 0 rings (SSSR count). The summed E-state index contributed by atoms with van der Waals surface area (Å²) in [5.74, 6) is -1.02. The lowest BCUT2D eigenvalue weighted by molar-refractivity contribution is -0.167. The molecular formula is C61H100O6. The molecule has 0 spiro atoms. The minimum Gasteiger partial charge on any atom is -0.462 e. The van der Waals surface area contributed by atoms with Gasteiger partial charge in [0.15, 0.2) is 6.10 Å². The van der Waals surface area contributed by atoms with Gasteiger partial charge in [-0.3, -0.25) is 14.4 Å². The molecule has 0 aromatic rings. The SMILES string of the molecule is CC/C=C\C/C=C\C/C=C\C/C=C\CCCCC(=O)OC[C@H](COC(=O)CCC/C=C\C/C=C\C/C=C\CCCCCCCC)OC(=O)CCCCCCCCC/C=C\C/C=C\CCCCC. The first-order valence-corrected chi connectivity index (χ1v) is 27.4. The van der Waals surface area contributed by atoms with Crippen molar-refractivity contribution in [3.8, 4) is 0 Å². The molecule has 0 saturated heterocycles. The Hall–Kier alpha value is -3.93. The predicted molar refractivity (Wildman–Crippen MR) is 288 cm³/mol. The van der Waals surface area contributed by atoms with Crippen molar-refractivity contribution in [2.45, 2.75) is 245 Å². The smallest absolute Gasteiger partial charge is 0.306 e. The first-order chi connectivity index (χ1) is 33.0. The number of esters is 3. The highest BCUT2D eigenvalue weighted by atomic mass is 16.6. The van der Waals surface area contributed by atoms with Gasteiger partial charge in [-0.05, 0) is 122 Å². The van der Waals surface area contributed by atoms with E-state index in [1.54, 1.807) is 0 Å². The van der Waals surface area contributed by atoms with Gasteiger partial charge in [0.05, 0.1) is 0 Å². The third kappa shape index (κ3) is 52.9. The number of hydrogen-bond acceptors (Lipinski definition) is 6. The molecule has 0 unspecified atom stereocenters. The van der Waals surface area contributed by atoms with Crippen LogP contribution in [0.3, 0.4) is 0 Å². The van der Waals surface area contributed by atoms with Gasteiger partial charge in [-0.15, -0.1) is 0 Å². The number of hydrogen-bond donors (Lipinski definition) is 0. The Morgan fingerprint density at radius 3 is 1.03 bits per heavy atom. The van der Waals surface area contributed by atoms with Gasteiger partial charge in [0.25, 0.3) is 0 Å². The van der Waals surface area contributed by atoms with E-state index in [1.165, 1.54) is 96.3 Å². The van der Waals surface area contributed by atoms with Crippen LogP contribution in [0.4, 0.5) is 0 Å². The molecule has 0 aromatic heterocycles. The van der Waals surface area contributed by atoms with Crippen LogP contribution in [0.5, 0.6) is 0 Å². The first-order valence-electron chi connectivity index (χ1n) is 27.4. The molecule has 0 N–H and O–H groups in total. The Kier molecular flexibility index (Phi) is 51.5. The molecule has 0 aliphatic carbocycles. The minimum atomic E-state index is -0.822. The highest BCUT2D eigenvalue weighted by molar-refractivity contribution is 5.71. The first kappa shape index (κ1) is 63.1. The molecule has 0 bridgehead atoms. The van der Waals surface area contributed by atoms with E-state index in [0.29, 0.717) is 25.7 Å². The van der Waals surface area contributed by atoms with Crippen LogP contribution in [0.1, 0.15) is 239 Å². The Balaban J connectivity index is 4.55. The zero-order valence-corrected chi connectivity index (χ0v) is 43.4. The molecule has 6 nitrogen and oxygen atoms in total. The second-order valence-electron chi connectivity index (χ2n) is 17.7. The van der Waals surface area contributed by atoms with Crippen molar-refractivity contribution in [3.05, 3.63) is 109 Å². The van der Waals surface area contributed by atoms with Crippen LogP contribution in [0.2, 0.25) is 0 Å². The van der Waals surface area contributed by atoms with E-state index in [4.69, 9.17) is 14.2 Å². The molecule has 6 heteroatoms. The Labute approximate surface area is 412 Å². The second kappa shape index (κ2) is 54.7. The zero-order valence-electron chi connectivity index (χ0n) is 43.4. The van der Waals surface area contributed by atoms with Crippen LogP contribution in [-0.2, 0) is 28.6 Å². The average molecular weight is 929 g/mol. The normalized spacial score (nSPS) is 12.9. The Morgan fingerprint density at radius 1 is 0.313 bits per heavy atom. The lowest BCUT2D eigenvalue weighted by Gasteiger charge is -2.18. The summed E-state index contributed by atoms with van der Waals surface area (Å²) in [6, 6.07) is 0. The summed E-state index contributed by atoms with van der Waals surface area (Å²) in [7, 11) is 0. The summed E-state index contributed by atoms with van der Waals surface area (Å²) in [4.78, 5) is 38.1. The number of unbranched alkanes of at least 4 members (excludes halogenated alkanes) is 19. The van der Waals surface area contributed by atoms with Gasteiger partial charge in [0.2, 0.25) is 0 Å². The number of carbonyl (C=O) groups is 3. The Morgan fingerprint density at radius 2 is 0.597 bits per heavy atom. The molecule has 67 heavy (non-hydrogen) atoms. The van der Waals surface area contributed by atoms with Gasteiger partial charge < -0.3 is 14.2 Å². The van der Waals surface area contributed by atoms with Crippen molar-refractivity contribution >= 4 is 17.9 Å². The summed E-state index contributed by atoms with van der Waals surface area (Å²) in [6.07, 6.45) is 73.7. The second-order valence-corrected chi connectivity index (χ2v) is 17.7. The molecule has 0 aromatic carbocycles. The number of rotatable bonds is 48. The number of ether oxygens (including phenoxy) is 3.